The molecule has 242 valence electrons. The molecule has 0 saturated carbocycles. The molecule has 0 spiro atoms. The van der Waals surface area contributed by atoms with Gasteiger partial charge in [-0.2, -0.15) is 0 Å². The Kier molecular flexibility index (Phi) is 7.62. The van der Waals surface area contributed by atoms with Crippen molar-refractivity contribution in [2.45, 2.75) is 52.4 Å². The van der Waals surface area contributed by atoms with Crippen LogP contribution in [-0.2, 0) is 10.8 Å². The van der Waals surface area contributed by atoms with Gasteiger partial charge in [0.15, 0.2) is 0 Å². The van der Waals surface area contributed by atoms with E-state index in [1.807, 2.05) is 0 Å². The highest BCUT2D eigenvalue weighted by atomic mass is 14.2. The average Bonchev–Trinajstić information content (AvgIpc) is 3.12. The van der Waals surface area contributed by atoms with Crippen molar-refractivity contribution >= 4 is 43.1 Å². The van der Waals surface area contributed by atoms with Crippen LogP contribution in [0, 0.1) is 11.8 Å². The SMILES string of the molecule is CC(C)(C)c1ccc(C#Cc2ccc(C(C)(C)C)cc2-c2cccc3c2ccc2ccccc23)c(-c2cccc3c2ccc2ccccc23)c1. The molecule has 0 heteroatoms. The molecule has 0 aromatic heterocycles. The van der Waals surface area contributed by atoms with Gasteiger partial charge in [0.25, 0.3) is 0 Å². The summed E-state index contributed by atoms with van der Waals surface area (Å²) in [6.45, 7) is 13.7. The van der Waals surface area contributed by atoms with Crippen LogP contribution >= 0.6 is 0 Å². The Morgan fingerprint density at radius 2 is 0.720 bits per heavy atom. The predicted molar refractivity (Wildman–Crippen MR) is 217 cm³/mol. The molecule has 0 bridgehead atoms. The van der Waals surface area contributed by atoms with Crippen LogP contribution in [0.4, 0.5) is 0 Å². The van der Waals surface area contributed by atoms with Crippen molar-refractivity contribution in [2.24, 2.45) is 0 Å². The van der Waals surface area contributed by atoms with E-state index in [2.05, 4.69) is 199 Å². The zero-order valence-electron chi connectivity index (χ0n) is 29.9. The van der Waals surface area contributed by atoms with Gasteiger partial charge >= 0.3 is 0 Å². The molecule has 0 saturated heterocycles. The molecule has 0 aliphatic heterocycles. The average molecular weight is 643 g/mol. The van der Waals surface area contributed by atoms with Crippen LogP contribution in [0.3, 0.4) is 0 Å². The quantitative estimate of drug-likeness (QED) is 0.130. The first-order chi connectivity index (χ1) is 24.1. The Balaban J connectivity index is 1.35. The van der Waals surface area contributed by atoms with Crippen LogP contribution in [-0.4, -0.2) is 0 Å². The molecular weight excluding hydrogens is 601 g/mol. The van der Waals surface area contributed by atoms with Crippen LogP contribution in [0.1, 0.15) is 63.8 Å². The maximum atomic E-state index is 3.70. The van der Waals surface area contributed by atoms with E-state index in [4.69, 9.17) is 0 Å². The van der Waals surface area contributed by atoms with Crippen molar-refractivity contribution in [1.29, 1.82) is 0 Å². The summed E-state index contributed by atoms with van der Waals surface area (Å²) < 4.78 is 0. The van der Waals surface area contributed by atoms with Gasteiger partial charge in [0.05, 0.1) is 0 Å². The molecule has 0 radical (unpaired) electrons. The minimum absolute atomic E-state index is 0.00643. The number of hydrogen-bond acceptors (Lipinski definition) is 0. The third kappa shape index (κ3) is 5.64. The fourth-order valence-corrected chi connectivity index (χ4v) is 7.37. The number of rotatable bonds is 2. The van der Waals surface area contributed by atoms with E-state index in [0.717, 1.165) is 11.1 Å². The maximum Gasteiger partial charge on any atom is 0.0327 e. The van der Waals surface area contributed by atoms with E-state index in [1.54, 1.807) is 0 Å². The van der Waals surface area contributed by atoms with Crippen LogP contribution in [0.15, 0.2) is 146 Å². The summed E-state index contributed by atoms with van der Waals surface area (Å²) in [5.41, 5.74) is 9.47. The Hall–Kier alpha value is -5.64. The van der Waals surface area contributed by atoms with Gasteiger partial charge < -0.3 is 0 Å². The van der Waals surface area contributed by atoms with Gasteiger partial charge in [-0.15, -0.1) is 0 Å². The van der Waals surface area contributed by atoms with Crippen molar-refractivity contribution in [3.8, 4) is 34.1 Å². The lowest BCUT2D eigenvalue weighted by molar-refractivity contribution is 0.590. The highest BCUT2D eigenvalue weighted by molar-refractivity contribution is 6.13. The predicted octanol–water partition coefficient (Wildman–Crippen LogP) is 13.6. The zero-order valence-corrected chi connectivity index (χ0v) is 29.9. The van der Waals surface area contributed by atoms with E-state index >= 15 is 0 Å². The number of benzene rings is 8. The van der Waals surface area contributed by atoms with E-state index in [1.165, 1.54) is 76.5 Å². The van der Waals surface area contributed by atoms with Crippen molar-refractivity contribution in [2.75, 3.05) is 0 Å². The second kappa shape index (κ2) is 12.0. The standard InChI is InChI=1S/C50H42/c1-49(2,3)37-27-23-35(47(31-37)43-19-11-17-41-39-15-9-7-13-33(39)25-29-45(41)43)21-22-36-24-28-38(50(4,5)6)32-48(36)44-20-12-18-42-40-16-10-8-14-34(40)26-30-46(42)44/h7-20,23-32H,1-6H3. The Morgan fingerprint density at radius 1 is 0.320 bits per heavy atom. The van der Waals surface area contributed by atoms with Crippen LogP contribution in [0.5, 0.6) is 0 Å². The molecular formula is C50H42. The second-order valence-electron chi connectivity index (χ2n) is 15.6. The molecule has 8 rings (SSSR count). The van der Waals surface area contributed by atoms with E-state index in [-0.39, 0.29) is 10.8 Å². The Morgan fingerprint density at radius 3 is 1.14 bits per heavy atom. The van der Waals surface area contributed by atoms with Crippen LogP contribution < -0.4 is 0 Å². The minimum Gasteiger partial charge on any atom is -0.0616 e. The number of fused-ring (bicyclic) bond motifs is 6. The molecule has 0 atom stereocenters. The molecule has 0 heterocycles. The number of hydrogen-bond donors (Lipinski definition) is 0. The maximum absolute atomic E-state index is 3.70. The fourth-order valence-electron chi connectivity index (χ4n) is 7.37. The summed E-state index contributed by atoms with van der Waals surface area (Å²) in [5.74, 6) is 7.41. The lowest BCUT2D eigenvalue weighted by Gasteiger charge is -2.22. The minimum atomic E-state index is 0.00643. The summed E-state index contributed by atoms with van der Waals surface area (Å²) in [7, 11) is 0. The molecule has 50 heavy (non-hydrogen) atoms. The Labute approximate surface area is 296 Å². The molecule has 8 aromatic carbocycles. The van der Waals surface area contributed by atoms with Gasteiger partial charge in [-0.25, -0.2) is 0 Å². The molecule has 0 N–H and O–H groups in total. The fraction of sp³-hybridized carbons (Fsp3) is 0.160. The highest BCUT2D eigenvalue weighted by Gasteiger charge is 2.19. The smallest absolute Gasteiger partial charge is 0.0327 e. The molecule has 0 aliphatic rings. The van der Waals surface area contributed by atoms with Gasteiger partial charge in [0, 0.05) is 11.1 Å². The van der Waals surface area contributed by atoms with E-state index < -0.39 is 0 Å². The lowest BCUT2D eigenvalue weighted by atomic mass is 9.82. The topological polar surface area (TPSA) is 0 Å². The van der Waals surface area contributed by atoms with E-state index in [9.17, 15) is 0 Å². The summed E-state index contributed by atoms with van der Waals surface area (Å²) in [4.78, 5) is 0. The summed E-state index contributed by atoms with van der Waals surface area (Å²) in [5, 5.41) is 10.1. The van der Waals surface area contributed by atoms with Crippen LogP contribution in [0.2, 0.25) is 0 Å². The third-order valence-electron chi connectivity index (χ3n) is 10.3. The van der Waals surface area contributed by atoms with Gasteiger partial charge in [-0.1, -0.05) is 175 Å². The molecule has 0 aliphatic carbocycles. The second-order valence-corrected chi connectivity index (χ2v) is 15.6. The van der Waals surface area contributed by atoms with Crippen molar-refractivity contribution < 1.29 is 0 Å². The molecule has 0 fully saturated rings. The molecule has 0 amide bonds. The molecule has 0 nitrogen and oxygen atoms in total. The highest BCUT2D eigenvalue weighted by Crippen LogP contribution is 2.39. The van der Waals surface area contributed by atoms with Gasteiger partial charge in [0.1, 0.15) is 0 Å². The van der Waals surface area contributed by atoms with Crippen molar-refractivity contribution in [3.05, 3.63) is 168 Å². The van der Waals surface area contributed by atoms with Crippen LogP contribution in [0.25, 0.3) is 65.3 Å². The molecule has 8 aromatic rings. The summed E-state index contributed by atoms with van der Waals surface area (Å²) >= 11 is 0. The Bertz CT molecular complexity index is 2480. The summed E-state index contributed by atoms with van der Waals surface area (Å²) in [6.07, 6.45) is 0. The summed E-state index contributed by atoms with van der Waals surface area (Å²) in [6, 6.07) is 53.5. The van der Waals surface area contributed by atoms with Crippen molar-refractivity contribution in [1.82, 2.24) is 0 Å². The zero-order chi connectivity index (χ0) is 34.6. The third-order valence-corrected chi connectivity index (χ3v) is 10.3. The van der Waals surface area contributed by atoms with Gasteiger partial charge in [0.2, 0.25) is 0 Å². The van der Waals surface area contributed by atoms with E-state index in [0.29, 0.717) is 0 Å². The monoisotopic (exact) mass is 642 g/mol. The van der Waals surface area contributed by atoms with Gasteiger partial charge in [-0.3, -0.25) is 0 Å². The van der Waals surface area contributed by atoms with Crippen molar-refractivity contribution in [3.63, 3.8) is 0 Å². The molecule has 0 unspecified atom stereocenters. The first-order valence-electron chi connectivity index (χ1n) is 17.7. The van der Waals surface area contributed by atoms with Gasteiger partial charge in [-0.05, 0) is 112 Å². The normalized spacial score (nSPS) is 12.0. The lowest BCUT2D eigenvalue weighted by Crippen LogP contribution is -2.11. The first kappa shape index (κ1) is 31.6. The largest absolute Gasteiger partial charge is 0.0616 e. The first-order valence-corrected chi connectivity index (χ1v) is 17.7.